The molecule has 0 saturated heterocycles. The van der Waals surface area contributed by atoms with E-state index in [1.165, 1.54) is 14.2 Å². The number of carbonyl (C=O) groups excluding carboxylic acids is 2. The predicted octanol–water partition coefficient (Wildman–Crippen LogP) is 1.45. The summed E-state index contributed by atoms with van der Waals surface area (Å²) in [7, 11) is 2.78. The standard InChI is InChI=1S/C12H15NO4/c1-8(16-2)11(14)13-10-6-4-9(5-7-10)12(15)17-3/h4-8H,1-3H3,(H,13,14). The van der Waals surface area contributed by atoms with E-state index in [-0.39, 0.29) is 5.91 Å². The fourth-order valence-corrected chi connectivity index (χ4v) is 1.16. The Balaban J connectivity index is 2.69. The maximum absolute atomic E-state index is 11.5. The molecule has 1 aromatic carbocycles. The number of rotatable bonds is 4. The Morgan fingerprint density at radius 3 is 2.24 bits per heavy atom. The predicted molar refractivity (Wildman–Crippen MR) is 62.9 cm³/mol. The van der Waals surface area contributed by atoms with Crippen LogP contribution in [-0.2, 0) is 14.3 Å². The van der Waals surface area contributed by atoms with Gasteiger partial charge in [-0.3, -0.25) is 4.79 Å². The maximum atomic E-state index is 11.5. The van der Waals surface area contributed by atoms with Gasteiger partial charge >= 0.3 is 5.97 Å². The van der Waals surface area contributed by atoms with Crippen molar-refractivity contribution < 1.29 is 19.1 Å². The molecule has 0 aliphatic rings. The molecule has 1 amide bonds. The Morgan fingerprint density at radius 1 is 1.18 bits per heavy atom. The summed E-state index contributed by atoms with van der Waals surface area (Å²) < 4.78 is 9.44. The largest absolute Gasteiger partial charge is 0.465 e. The fraction of sp³-hybridized carbons (Fsp3) is 0.333. The van der Waals surface area contributed by atoms with Crippen molar-refractivity contribution in [3.8, 4) is 0 Å². The van der Waals surface area contributed by atoms with E-state index in [1.54, 1.807) is 31.2 Å². The van der Waals surface area contributed by atoms with E-state index in [1.807, 2.05) is 0 Å². The SMILES string of the molecule is COC(=O)c1ccc(NC(=O)C(C)OC)cc1. The van der Waals surface area contributed by atoms with Gasteiger partial charge in [0.15, 0.2) is 0 Å². The number of carbonyl (C=O) groups is 2. The lowest BCUT2D eigenvalue weighted by molar-refractivity contribution is -0.124. The van der Waals surface area contributed by atoms with Gasteiger partial charge in [-0.25, -0.2) is 4.79 Å². The minimum absolute atomic E-state index is 0.238. The van der Waals surface area contributed by atoms with Crippen LogP contribution in [0.3, 0.4) is 0 Å². The molecule has 0 fully saturated rings. The molecular formula is C12H15NO4. The third kappa shape index (κ3) is 3.57. The van der Waals surface area contributed by atoms with E-state index in [0.717, 1.165) is 0 Å². The molecule has 0 radical (unpaired) electrons. The van der Waals surface area contributed by atoms with E-state index in [2.05, 4.69) is 10.1 Å². The summed E-state index contributed by atoms with van der Waals surface area (Å²) in [5.74, 6) is -0.647. The van der Waals surface area contributed by atoms with Gasteiger partial charge in [-0.1, -0.05) is 0 Å². The summed E-state index contributed by atoms with van der Waals surface area (Å²) in [6, 6.07) is 6.43. The number of hydrogen-bond donors (Lipinski definition) is 1. The molecule has 0 aliphatic heterocycles. The Bertz CT molecular complexity index is 399. The van der Waals surface area contributed by atoms with Crippen LogP contribution in [0, 0.1) is 0 Å². The zero-order valence-corrected chi connectivity index (χ0v) is 10.0. The maximum Gasteiger partial charge on any atom is 0.337 e. The number of anilines is 1. The number of hydrogen-bond acceptors (Lipinski definition) is 4. The van der Waals surface area contributed by atoms with Gasteiger partial charge in [0.2, 0.25) is 0 Å². The average molecular weight is 237 g/mol. The molecule has 0 saturated carbocycles. The molecule has 0 spiro atoms. The summed E-state index contributed by atoms with van der Waals surface area (Å²) >= 11 is 0. The molecule has 92 valence electrons. The highest BCUT2D eigenvalue weighted by atomic mass is 16.5. The highest BCUT2D eigenvalue weighted by molar-refractivity contribution is 5.95. The summed E-state index contributed by atoms with van der Waals surface area (Å²) in [6.07, 6.45) is -0.518. The number of benzene rings is 1. The van der Waals surface area contributed by atoms with Gasteiger partial charge in [0.1, 0.15) is 6.10 Å². The Labute approximate surface area is 99.7 Å². The second-order valence-electron chi connectivity index (χ2n) is 3.44. The van der Waals surface area contributed by atoms with Crippen molar-refractivity contribution in [2.24, 2.45) is 0 Å². The molecular weight excluding hydrogens is 222 g/mol. The molecule has 0 bridgehead atoms. The number of amides is 1. The van der Waals surface area contributed by atoms with Crippen molar-refractivity contribution in [1.29, 1.82) is 0 Å². The van der Waals surface area contributed by atoms with E-state index in [4.69, 9.17) is 4.74 Å². The van der Waals surface area contributed by atoms with E-state index >= 15 is 0 Å². The molecule has 1 unspecified atom stereocenters. The van der Waals surface area contributed by atoms with Crippen molar-refractivity contribution in [3.05, 3.63) is 29.8 Å². The highest BCUT2D eigenvalue weighted by Gasteiger charge is 2.11. The fourth-order valence-electron chi connectivity index (χ4n) is 1.16. The third-order valence-electron chi connectivity index (χ3n) is 2.30. The third-order valence-corrected chi connectivity index (χ3v) is 2.30. The first-order valence-corrected chi connectivity index (χ1v) is 5.10. The summed E-state index contributed by atoms with van der Waals surface area (Å²) in [5, 5.41) is 2.66. The van der Waals surface area contributed by atoms with E-state index < -0.39 is 12.1 Å². The molecule has 0 aromatic heterocycles. The van der Waals surface area contributed by atoms with Gasteiger partial charge in [0, 0.05) is 12.8 Å². The van der Waals surface area contributed by atoms with Crippen molar-refractivity contribution >= 4 is 17.6 Å². The minimum atomic E-state index is -0.518. The molecule has 17 heavy (non-hydrogen) atoms. The average Bonchev–Trinajstić information content (AvgIpc) is 2.37. The number of esters is 1. The Hall–Kier alpha value is -1.88. The van der Waals surface area contributed by atoms with Crippen LogP contribution in [0.1, 0.15) is 17.3 Å². The number of nitrogens with one attached hydrogen (secondary N) is 1. The van der Waals surface area contributed by atoms with Gasteiger partial charge < -0.3 is 14.8 Å². The minimum Gasteiger partial charge on any atom is -0.465 e. The topological polar surface area (TPSA) is 64.6 Å². The summed E-state index contributed by atoms with van der Waals surface area (Å²) in [4.78, 5) is 22.7. The Morgan fingerprint density at radius 2 is 1.76 bits per heavy atom. The first kappa shape index (κ1) is 13.2. The molecule has 1 rings (SSSR count). The van der Waals surface area contributed by atoms with Crippen LogP contribution in [0.5, 0.6) is 0 Å². The molecule has 1 aromatic rings. The van der Waals surface area contributed by atoms with Crippen LogP contribution in [0.4, 0.5) is 5.69 Å². The van der Waals surface area contributed by atoms with Crippen molar-refractivity contribution in [2.45, 2.75) is 13.0 Å². The van der Waals surface area contributed by atoms with E-state index in [9.17, 15) is 9.59 Å². The monoisotopic (exact) mass is 237 g/mol. The van der Waals surface area contributed by atoms with Crippen LogP contribution in [0.25, 0.3) is 0 Å². The lowest BCUT2D eigenvalue weighted by Crippen LogP contribution is -2.26. The summed E-state index contributed by atoms with van der Waals surface area (Å²) in [5.41, 5.74) is 1.04. The van der Waals surface area contributed by atoms with Crippen LogP contribution in [-0.4, -0.2) is 32.2 Å². The molecule has 1 N–H and O–H groups in total. The van der Waals surface area contributed by atoms with Gasteiger partial charge in [0.25, 0.3) is 5.91 Å². The van der Waals surface area contributed by atoms with Gasteiger partial charge in [0.05, 0.1) is 12.7 Å². The zero-order chi connectivity index (χ0) is 12.8. The molecule has 5 nitrogen and oxygen atoms in total. The van der Waals surface area contributed by atoms with Crippen LogP contribution >= 0.6 is 0 Å². The molecule has 1 atom stereocenters. The Kier molecular flexibility index (Phi) is 4.66. The first-order valence-electron chi connectivity index (χ1n) is 5.10. The quantitative estimate of drug-likeness (QED) is 0.805. The molecule has 5 heteroatoms. The van der Waals surface area contributed by atoms with Crippen molar-refractivity contribution in [1.82, 2.24) is 0 Å². The zero-order valence-electron chi connectivity index (χ0n) is 10.0. The van der Waals surface area contributed by atoms with Gasteiger partial charge in [-0.2, -0.15) is 0 Å². The lowest BCUT2D eigenvalue weighted by Gasteiger charge is -2.10. The van der Waals surface area contributed by atoms with Gasteiger partial charge in [-0.15, -0.1) is 0 Å². The second-order valence-corrected chi connectivity index (χ2v) is 3.44. The highest BCUT2D eigenvalue weighted by Crippen LogP contribution is 2.11. The second kappa shape index (κ2) is 6.00. The molecule has 0 aliphatic carbocycles. The number of methoxy groups -OCH3 is 2. The van der Waals surface area contributed by atoms with E-state index in [0.29, 0.717) is 11.3 Å². The van der Waals surface area contributed by atoms with Crippen LogP contribution in [0.2, 0.25) is 0 Å². The van der Waals surface area contributed by atoms with Crippen molar-refractivity contribution in [3.63, 3.8) is 0 Å². The first-order chi connectivity index (χ1) is 8.08. The lowest BCUT2D eigenvalue weighted by atomic mass is 10.2. The number of ether oxygens (including phenoxy) is 2. The molecule has 0 heterocycles. The summed E-state index contributed by atoms with van der Waals surface area (Å²) in [6.45, 7) is 1.65. The van der Waals surface area contributed by atoms with Crippen molar-refractivity contribution in [2.75, 3.05) is 19.5 Å². The van der Waals surface area contributed by atoms with Crippen LogP contribution in [0.15, 0.2) is 24.3 Å². The normalized spacial score (nSPS) is 11.7. The van der Waals surface area contributed by atoms with Crippen LogP contribution < -0.4 is 5.32 Å². The van der Waals surface area contributed by atoms with Gasteiger partial charge in [-0.05, 0) is 31.2 Å². The smallest absolute Gasteiger partial charge is 0.337 e.